The van der Waals surface area contributed by atoms with Gasteiger partial charge in [0.05, 0.1) is 12.2 Å². The summed E-state index contributed by atoms with van der Waals surface area (Å²) >= 11 is 0. The number of ether oxygens (including phenoxy) is 1. The van der Waals surface area contributed by atoms with Gasteiger partial charge < -0.3 is 15.2 Å². The highest BCUT2D eigenvalue weighted by atomic mass is 16.5. The molecule has 0 bridgehead atoms. The van der Waals surface area contributed by atoms with Gasteiger partial charge in [-0.05, 0) is 19.8 Å². The quantitative estimate of drug-likeness (QED) is 0.573. The molecule has 1 aliphatic rings. The molecule has 1 fully saturated rings. The summed E-state index contributed by atoms with van der Waals surface area (Å²) in [6.07, 6.45) is 2.29. The van der Waals surface area contributed by atoms with Crippen molar-refractivity contribution in [2.24, 2.45) is 0 Å². The second kappa shape index (κ2) is 4.04. The zero-order chi connectivity index (χ0) is 8.16. The molecule has 66 valence electrons. The van der Waals surface area contributed by atoms with Gasteiger partial charge in [-0.15, -0.1) is 0 Å². The first-order chi connectivity index (χ1) is 5.27. The van der Waals surface area contributed by atoms with Gasteiger partial charge in [0.2, 0.25) is 0 Å². The summed E-state index contributed by atoms with van der Waals surface area (Å²) in [4.78, 5) is 0. The van der Waals surface area contributed by atoms with Gasteiger partial charge in [-0.2, -0.15) is 0 Å². The van der Waals surface area contributed by atoms with Crippen LogP contribution in [0.2, 0.25) is 0 Å². The van der Waals surface area contributed by atoms with Crippen LogP contribution in [-0.4, -0.2) is 37.0 Å². The van der Waals surface area contributed by atoms with Gasteiger partial charge in [0, 0.05) is 19.7 Å². The Morgan fingerprint density at radius 1 is 1.64 bits per heavy atom. The minimum Gasteiger partial charge on any atom is -0.395 e. The van der Waals surface area contributed by atoms with Crippen molar-refractivity contribution in [3.8, 4) is 0 Å². The summed E-state index contributed by atoms with van der Waals surface area (Å²) < 4.78 is 5.54. The molecule has 0 aromatic carbocycles. The van der Waals surface area contributed by atoms with E-state index >= 15 is 0 Å². The monoisotopic (exact) mass is 159 g/mol. The van der Waals surface area contributed by atoms with E-state index in [1.165, 1.54) is 0 Å². The Bertz CT molecular complexity index is 111. The first-order valence-electron chi connectivity index (χ1n) is 4.22. The van der Waals surface area contributed by atoms with Gasteiger partial charge >= 0.3 is 0 Å². The summed E-state index contributed by atoms with van der Waals surface area (Å²) in [5.74, 6) is 0. The minimum atomic E-state index is 0.0230. The molecule has 0 spiro atoms. The second-order valence-electron chi connectivity index (χ2n) is 3.30. The lowest BCUT2D eigenvalue weighted by Crippen LogP contribution is -2.38. The lowest BCUT2D eigenvalue weighted by molar-refractivity contribution is 0.0203. The van der Waals surface area contributed by atoms with Gasteiger partial charge in [-0.25, -0.2) is 0 Å². The van der Waals surface area contributed by atoms with E-state index in [9.17, 15) is 0 Å². The van der Waals surface area contributed by atoms with Crippen LogP contribution in [0.1, 0.15) is 19.8 Å². The van der Waals surface area contributed by atoms with E-state index in [2.05, 4.69) is 12.2 Å². The number of hydrogen-bond donors (Lipinski definition) is 2. The molecular weight excluding hydrogens is 142 g/mol. The highest BCUT2D eigenvalue weighted by Gasteiger charge is 2.28. The molecule has 1 heterocycles. The standard InChI is InChI=1S/C8H17NO2/c1-8(3-2-6-11-8)7-9-4-5-10/h9-10H,2-7H2,1H3. The number of aliphatic hydroxyl groups excluding tert-OH is 1. The van der Waals surface area contributed by atoms with E-state index < -0.39 is 0 Å². The van der Waals surface area contributed by atoms with Crippen LogP contribution in [0.5, 0.6) is 0 Å². The van der Waals surface area contributed by atoms with Crippen molar-refractivity contribution in [1.29, 1.82) is 0 Å². The van der Waals surface area contributed by atoms with Crippen molar-refractivity contribution in [2.75, 3.05) is 26.3 Å². The van der Waals surface area contributed by atoms with Gasteiger partial charge in [-0.3, -0.25) is 0 Å². The molecule has 0 amide bonds. The molecule has 11 heavy (non-hydrogen) atoms. The van der Waals surface area contributed by atoms with Gasteiger partial charge in [-0.1, -0.05) is 0 Å². The van der Waals surface area contributed by atoms with E-state index in [-0.39, 0.29) is 12.2 Å². The number of hydrogen-bond acceptors (Lipinski definition) is 3. The molecule has 1 aliphatic heterocycles. The van der Waals surface area contributed by atoms with Crippen LogP contribution in [0.3, 0.4) is 0 Å². The van der Waals surface area contributed by atoms with Crippen molar-refractivity contribution in [3.63, 3.8) is 0 Å². The molecule has 1 saturated heterocycles. The van der Waals surface area contributed by atoms with Crippen molar-refractivity contribution in [1.82, 2.24) is 5.32 Å². The molecule has 0 aromatic rings. The number of aliphatic hydroxyl groups is 1. The Kier molecular flexibility index (Phi) is 3.30. The number of nitrogens with one attached hydrogen (secondary N) is 1. The van der Waals surface area contributed by atoms with Crippen LogP contribution < -0.4 is 5.32 Å². The van der Waals surface area contributed by atoms with E-state index in [0.717, 1.165) is 26.0 Å². The summed E-state index contributed by atoms with van der Waals surface area (Å²) in [5, 5.41) is 11.7. The Balaban J connectivity index is 2.13. The molecule has 3 nitrogen and oxygen atoms in total. The lowest BCUT2D eigenvalue weighted by atomic mass is 10.0. The largest absolute Gasteiger partial charge is 0.395 e. The highest BCUT2D eigenvalue weighted by molar-refractivity contribution is 4.82. The Hall–Kier alpha value is -0.120. The molecular formula is C8H17NO2. The number of rotatable bonds is 4. The average molecular weight is 159 g/mol. The van der Waals surface area contributed by atoms with Crippen LogP contribution in [-0.2, 0) is 4.74 Å². The highest BCUT2D eigenvalue weighted by Crippen LogP contribution is 2.23. The van der Waals surface area contributed by atoms with Crippen LogP contribution >= 0.6 is 0 Å². The minimum absolute atomic E-state index is 0.0230. The summed E-state index contributed by atoms with van der Waals surface area (Å²) in [6.45, 7) is 4.73. The molecule has 1 atom stereocenters. The molecule has 0 radical (unpaired) electrons. The fourth-order valence-corrected chi connectivity index (χ4v) is 1.41. The van der Waals surface area contributed by atoms with Crippen LogP contribution in [0.15, 0.2) is 0 Å². The Morgan fingerprint density at radius 2 is 2.45 bits per heavy atom. The van der Waals surface area contributed by atoms with Crippen molar-refractivity contribution in [3.05, 3.63) is 0 Å². The maximum atomic E-state index is 8.52. The molecule has 3 heteroatoms. The van der Waals surface area contributed by atoms with Gasteiger partial charge in [0.25, 0.3) is 0 Å². The van der Waals surface area contributed by atoms with Crippen LogP contribution in [0.4, 0.5) is 0 Å². The topological polar surface area (TPSA) is 41.5 Å². The van der Waals surface area contributed by atoms with Crippen LogP contribution in [0.25, 0.3) is 0 Å². The summed E-state index contributed by atoms with van der Waals surface area (Å²) in [6, 6.07) is 0. The average Bonchev–Trinajstić information content (AvgIpc) is 2.38. The zero-order valence-electron chi connectivity index (χ0n) is 7.10. The van der Waals surface area contributed by atoms with E-state index in [1.807, 2.05) is 0 Å². The summed E-state index contributed by atoms with van der Waals surface area (Å²) in [7, 11) is 0. The smallest absolute Gasteiger partial charge is 0.0779 e. The van der Waals surface area contributed by atoms with Gasteiger partial charge in [0.15, 0.2) is 0 Å². The van der Waals surface area contributed by atoms with E-state index in [1.54, 1.807) is 0 Å². The molecule has 0 saturated carbocycles. The van der Waals surface area contributed by atoms with E-state index in [4.69, 9.17) is 9.84 Å². The normalized spacial score (nSPS) is 31.1. The predicted octanol–water partition coefficient (Wildman–Crippen LogP) is 0.137. The predicted molar refractivity (Wildman–Crippen MR) is 43.5 cm³/mol. The third-order valence-corrected chi connectivity index (χ3v) is 2.09. The van der Waals surface area contributed by atoms with E-state index in [0.29, 0.717) is 6.54 Å². The second-order valence-corrected chi connectivity index (χ2v) is 3.30. The first-order valence-corrected chi connectivity index (χ1v) is 4.22. The maximum Gasteiger partial charge on any atom is 0.0779 e. The molecule has 0 aromatic heterocycles. The van der Waals surface area contributed by atoms with Gasteiger partial charge in [0.1, 0.15) is 0 Å². The fourth-order valence-electron chi connectivity index (χ4n) is 1.41. The molecule has 0 aliphatic carbocycles. The Labute approximate surface area is 67.7 Å². The third kappa shape index (κ3) is 2.77. The molecule has 2 N–H and O–H groups in total. The molecule has 1 unspecified atom stereocenters. The summed E-state index contributed by atoms with van der Waals surface area (Å²) in [5.41, 5.74) is 0.0230. The lowest BCUT2D eigenvalue weighted by Gasteiger charge is -2.23. The first kappa shape index (κ1) is 8.97. The third-order valence-electron chi connectivity index (χ3n) is 2.09. The zero-order valence-corrected chi connectivity index (χ0v) is 7.10. The van der Waals surface area contributed by atoms with Crippen molar-refractivity contribution < 1.29 is 9.84 Å². The fraction of sp³-hybridized carbons (Fsp3) is 1.00. The molecule has 1 rings (SSSR count). The van der Waals surface area contributed by atoms with Crippen molar-refractivity contribution in [2.45, 2.75) is 25.4 Å². The Morgan fingerprint density at radius 3 is 3.00 bits per heavy atom. The van der Waals surface area contributed by atoms with Crippen molar-refractivity contribution >= 4 is 0 Å². The maximum absolute atomic E-state index is 8.52. The SMILES string of the molecule is CC1(CNCCO)CCCO1. The van der Waals surface area contributed by atoms with Crippen LogP contribution in [0, 0.1) is 0 Å².